The van der Waals surface area contributed by atoms with Gasteiger partial charge in [0, 0.05) is 26.5 Å². The molecular weight excluding hydrogens is 501 g/mol. The monoisotopic (exact) mass is 531 g/mol. The molecule has 1 unspecified atom stereocenters. The maximum absolute atomic E-state index is 11.8. The summed E-state index contributed by atoms with van der Waals surface area (Å²) in [6.07, 6.45) is 1.14. The third-order valence-corrected chi connectivity index (χ3v) is 5.57. The molecule has 0 aliphatic rings. The van der Waals surface area contributed by atoms with Gasteiger partial charge in [-0.25, -0.2) is 13.4 Å². The number of hydrogen-bond donors (Lipinski definition) is 2. The fraction of sp³-hybridized carbons (Fsp3) is 0.381. The summed E-state index contributed by atoms with van der Waals surface area (Å²) in [5.74, 6) is 0.685. The summed E-state index contributed by atoms with van der Waals surface area (Å²) in [6.45, 7) is 5.58. The van der Waals surface area contributed by atoms with Crippen molar-refractivity contribution in [3.8, 4) is 0 Å². The van der Waals surface area contributed by atoms with E-state index < -0.39 is 9.84 Å². The molecule has 8 heteroatoms. The molecule has 2 aromatic rings. The van der Waals surface area contributed by atoms with Crippen LogP contribution < -0.4 is 10.6 Å². The van der Waals surface area contributed by atoms with Crippen molar-refractivity contribution < 1.29 is 13.2 Å². The van der Waals surface area contributed by atoms with E-state index in [9.17, 15) is 8.42 Å². The molecule has 0 heterocycles. The minimum atomic E-state index is -3.21. The Morgan fingerprint density at radius 3 is 2.38 bits per heavy atom. The first kappa shape index (κ1) is 25.4. The predicted molar refractivity (Wildman–Crippen MR) is 129 cm³/mol. The van der Waals surface area contributed by atoms with Crippen LogP contribution in [0.15, 0.2) is 58.4 Å². The number of halogens is 1. The number of aryl methyl sites for hydroxylation is 1. The molecule has 0 saturated heterocycles. The molecule has 0 radical (unpaired) electrons. The topological polar surface area (TPSA) is 79.8 Å². The summed E-state index contributed by atoms with van der Waals surface area (Å²) in [5, 5.41) is 6.53. The number of sulfone groups is 1. The second-order valence-corrected chi connectivity index (χ2v) is 8.57. The average molecular weight is 531 g/mol. The highest BCUT2D eigenvalue weighted by Crippen LogP contribution is 2.17. The number of benzene rings is 2. The van der Waals surface area contributed by atoms with Gasteiger partial charge in [0.05, 0.1) is 17.5 Å². The molecule has 1 atom stereocenters. The maximum atomic E-state index is 11.8. The van der Waals surface area contributed by atoms with Gasteiger partial charge < -0.3 is 15.4 Å². The van der Waals surface area contributed by atoms with Crippen LogP contribution in [-0.4, -0.2) is 40.8 Å². The summed E-state index contributed by atoms with van der Waals surface area (Å²) < 4.78 is 29.1. The van der Waals surface area contributed by atoms with Crippen molar-refractivity contribution in [3.63, 3.8) is 0 Å². The number of aliphatic imine (C=N–C) groups is 1. The molecule has 0 fully saturated rings. The van der Waals surface area contributed by atoms with Crippen LogP contribution in [0.1, 0.15) is 29.7 Å². The van der Waals surface area contributed by atoms with Crippen molar-refractivity contribution in [2.24, 2.45) is 4.99 Å². The molecule has 160 valence electrons. The number of nitrogens with one attached hydrogen (secondary N) is 2. The second-order valence-electron chi connectivity index (χ2n) is 6.58. The largest absolute Gasteiger partial charge is 0.375 e. The van der Waals surface area contributed by atoms with Gasteiger partial charge in [-0.05, 0) is 36.6 Å². The van der Waals surface area contributed by atoms with Gasteiger partial charge in [0.25, 0.3) is 0 Å². The molecule has 0 amide bonds. The van der Waals surface area contributed by atoms with E-state index in [1.165, 1.54) is 6.26 Å². The van der Waals surface area contributed by atoms with E-state index in [2.05, 4.69) is 15.6 Å². The van der Waals surface area contributed by atoms with Crippen LogP contribution in [0.4, 0.5) is 0 Å². The van der Waals surface area contributed by atoms with Crippen LogP contribution in [0.3, 0.4) is 0 Å². The molecule has 29 heavy (non-hydrogen) atoms. The van der Waals surface area contributed by atoms with Gasteiger partial charge in [-0.2, -0.15) is 0 Å². The number of rotatable bonds is 8. The number of guanidine groups is 1. The zero-order chi connectivity index (χ0) is 20.6. The van der Waals surface area contributed by atoms with E-state index in [-0.39, 0.29) is 30.1 Å². The van der Waals surface area contributed by atoms with Gasteiger partial charge in [0.2, 0.25) is 0 Å². The van der Waals surface area contributed by atoms with Crippen LogP contribution in [0, 0.1) is 6.92 Å². The summed E-state index contributed by atoms with van der Waals surface area (Å²) in [5.41, 5.74) is 2.78. The molecular formula is C21H30IN3O3S. The molecule has 0 saturated carbocycles. The number of hydrogen-bond acceptors (Lipinski definition) is 4. The SMILES string of the molecule is CCNC(=NCc1ccc(S(C)(=O)=O)c(C)c1)NCC(OC)c1ccccc1.I. The van der Waals surface area contributed by atoms with Crippen molar-refractivity contribution in [2.75, 3.05) is 26.5 Å². The fourth-order valence-electron chi connectivity index (χ4n) is 2.93. The van der Waals surface area contributed by atoms with Gasteiger partial charge in [-0.1, -0.05) is 42.5 Å². The van der Waals surface area contributed by atoms with E-state index in [1.54, 1.807) is 26.2 Å². The van der Waals surface area contributed by atoms with Crippen molar-refractivity contribution in [2.45, 2.75) is 31.4 Å². The molecule has 2 aromatic carbocycles. The Hall–Kier alpha value is -1.65. The summed E-state index contributed by atoms with van der Waals surface area (Å²) in [6, 6.07) is 15.3. The lowest BCUT2D eigenvalue weighted by atomic mass is 10.1. The van der Waals surface area contributed by atoms with Gasteiger partial charge >= 0.3 is 0 Å². The highest BCUT2D eigenvalue weighted by Gasteiger charge is 2.12. The first-order chi connectivity index (χ1) is 13.3. The average Bonchev–Trinajstić information content (AvgIpc) is 2.66. The lowest BCUT2D eigenvalue weighted by Gasteiger charge is -2.18. The zero-order valence-corrected chi connectivity index (χ0v) is 20.5. The lowest BCUT2D eigenvalue weighted by Crippen LogP contribution is -2.39. The number of ether oxygens (including phenoxy) is 1. The van der Waals surface area contributed by atoms with Crippen molar-refractivity contribution >= 4 is 39.8 Å². The Labute approximate surface area is 191 Å². The standard InChI is InChI=1S/C21H29N3O3S.HI/c1-5-22-21(24-15-19(27-3)18-9-7-6-8-10-18)23-14-17-11-12-20(16(2)13-17)28(4,25)26;/h6-13,19H,5,14-15H2,1-4H3,(H2,22,23,24);1H. The highest BCUT2D eigenvalue weighted by atomic mass is 127. The summed E-state index contributed by atoms with van der Waals surface area (Å²) >= 11 is 0. The molecule has 0 bridgehead atoms. The van der Waals surface area contributed by atoms with E-state index in [1.807, 2.05) is 43.3 Å². The molecule has 6 nitrogen and oxygen atoms in total. The second kappa shape index (κ2) is 12.1. The smallest absolute Gasteiger partial charge is 0.191 e. The van der Waals surface area contributed by atoms with Crippen LogP contribution >= 0.6 is 24.0 Å². The third-order valence-electron chi connectivity index (χ3n) is 4.31. The molecule has 0 aliphatic carbocycles. The van der Waals surface area contributed by atoms with Crippen molar-refractivity contribution in [1.82, 2.24) is 10.6 Å². The van der Waals surface area contributed by atoms with Gasteiger partial charge in [0.1, 0.15) is 0 Å². The van der Waals surface area contributed by atoms with Gasteiger partial charge in [-0.15, -0.1) is 24.0 Å². The maximum Gasteiger partial charge on any atom is 0.191 e. The zero-order valence-electron chi connectivity index (χ0n) is 17.3. The summed E-state index contributed by atoms with van der Waals surface area (Å²) in [7, 11) is -1.52. The normalized spacial score (nSPS) is 12.8. The Morgan fingerprint density at radius 1 is 1.14 bits per heavy atom. The third kappa shape index (κ3) is 7.94. The van der Waals surface area contributed by atoms with Gasteiger partial charge in [0.15, 0.2) is 15.8 Å². The summed E-state index contributed by atoms with van der Waals surface area (Å²) in [4.78, 5) is 4.96. The van der Waals surface area contributed by atoms with Crippen molar-refractivity contribution in [3.05, 3.63) is 65.2 Å². The molecule has 2 rings (SSSR count). The van der Waals surface area contributed by atoms with E-state index in [0.29, 0.717) is 23.9 Å². The van der Waals surface area contributed by atoms with Crippen LogP contribution in [0.5, 0.6) is 0 Å². The van der Waals surface area contributed by atoms with E-state index in [0.717, 1.165) is 23.2 Å². The highest BCUT2D eigenvalue weighted by molar-refractivity contribution is 14.0. The Bertz CT molecular complexity index is 903. The first-order valence-corrected chi connectivity index (χ1v) is 11.1. The fourth-order valence-corrected chi connectivity index (χ4v) is 3.89. The molecule has 0 aromatic heterocycles. The lowest BCUT2D eigenvalue weighted by molar-refractivity contribution is 0.106. The minimum absolute atomic E-state index is 0. The van der Waals surface area contributed by atoms with E-state index in [4.69, 9.17) is 4.74 Å². The number of nitrogens with zero attached hydrogens (tertiary/aromatic N) is 1. The van der Waals surface area contributed by atoms with Crippen LogP contribution in [0.25, 0.3) is 0 Å². The molecule has 2 N–H and O–H groups in total. The van der Waals surface area contributed by atoms with Crippen LogP contribution in [0.2, 0.25) is 0 Å². The Kier molecular flexibility index (Phi) is 10.6. The Balaban J connectivity index is 0.00000420. The van der Waals surface area contributed by atoms with Crippen LogP contribution in [-0.2, 0) is 21.1 Å². The molecule has 0 aliphatic heterocycles. The van der Waals surface area contributed by atoms with Gasteiger partial charge in [-0.3, -0.25) is 0 Å². The first-order valence-electron chi connectivity index (χ1n) is 9.24. The quantitative estimate of drug-likeness (QED) is 0.310. The predicted octanol–water partition coefficient (Wildman–Crippen LogP) is 3.46. The Morgan fingerprint density at radius 2 is 1.83 bits per heavy atom. The van der Waals surface area contributed by atoms with E-state index >= 15 is 0 Å². The minimum Gasteiger partial charge on any atom is -0.375 e. The number of methoxy groups -OCH3 is 1. The molecule has 0 spiro atoms. The van der Waals surface area contributed by atoms with Crippen molar-refractivity contribution in [1.29, 1.82) is 0 Å².